The van der Waals surface area contributed by atoms with Crippen molar-refractivity contribution in [1.82, 2.24) is 14.4 Å². The lowest BCUT2D eigenvalue weighted by atomic mass is 10.0. The lowest BCUT2D eigenvalue weighted by Gasteiger charge is -2.20. The van der Waals surface area contributed by atoms with Gasteiger partial charge in [0.2, 0.25) is 21.7 Å². The quantitative estimate of drug-likeness (QED) is 0.521. The second kappa shape index (κ2) is 8.75. The van der Waals surface area contributed by atoms with Crippen LogP contribution in [0.5, 0.6) is 5.75 Å². The van der Waals surface area contributed by atoms with E-state index in [0.717, 1.165) is 5.56 Å². The molecule has 0 fully saturated rings. The molecular formula is C21H24ClN3O4S. The summed E-state index contributed by atoms with van der Waals surface area (Å²) in [7, 11) is -0.732. The number of benzene rings is 2. The Morgan fingerprint density at radius 1 is 1.23 bits per heavy atom. The molecule has 0 bridgehead atoms. The van der Waals surface area contributed by atoms with Crippen molar-refractivity contribution >= 4 is 21.6 Å². The normalized spacial score (nSPS) is 12.0. The highest BCUT2D eigenvalue weighted by molar-refractivity contribution is 7.89. The Bertz CT molecular complexity index is 1160. The summed E-state index contributed by atoms with van der Waals surface area (Å²) >= 11 is 6.17. The lowest BCUT2D eigenvalue weighted by molar-refractivity contribution is 0.336. The van der Waals surface area contributed by atoms with Gasteiger partial charge in [0.05, 0.1) is 23.6 Å². The Balaban J connectivity index is 1.90. The highest BCUT2D eigenvalue weighted by atomic mass is 35.5. The fourth-order valence-corrected chi connectivity index (χ4v) is 4.68. The molecule has 3 aromatic rings. The molecule has 1 aromatic heterocycles. The van der Waals surface area contributed by atoms with Crippen LogP contribution in [0, 0.1) is 6.92 Å². The van der Waals surface area contributed by atoms with Gasteiger partial charge in [-0.05, 0) is 48.2 Å². The van der Waals surface area contributed by atoms with Crippen LogP contribution in [0.1, 0.15) is 36.8 Å². The lowest BCUT2D eigenvalue weighted by Crippen LogP contribution is -2.27. The molecule has 0 saturated carbocycles. The van der Waals surface area contributed by atoms with Crippen molar-refractivity contribution in [3.8, 4) is 17.1 Å². The maximum absolute atomic E-state index is 13.2. The number of nitrogens with zero attached hydrogens (tertiary/aromatic N) is 3. The second-order valence-corrected chi connectivity index (χ2v) is 9.69. The maximum Gasteiger partial charge on any atom is 0.243 e. The zero-order valence-electron chi connectivity index (χ0n) is 17.5. The van der Waals surface area contributed by atoms with E-state index in [9.17, 15) is 8.42 Å². The van der Waals surface area contributed by atoms with E-state index in [1.807, 2.05) is 19.9 Å². The third-order valence-electron chi connectivity index (χ3n) is 4.78. The Labute approximate surface area is 181 Å². The average molecular weight is 450 g/mol. The summed E-state index contributed by atoms with van der Waals surface area (Å²) in [5, 5.41) is 4.41. The SMILES string of the molecule is COc1cc(C)c(S(=O)(=O)N(C)Cc2nc(-c3ccccc3Cl)no2)cc1C(C)C. The van der Waals surface area contributed by atoms with Crippen LogP contribution in [0.25, 0.3) is 11.4 Å². The fourth-order valence-electron chi connectivity index (χ4n) is 3.10. The molecule has 2 aromatic carbocycles. The first-order chi connectivity index (χ1) is 14.1. The number of hydrogen-bond acceptors (Lipinski definition) is 6. The number of aryl methyl sites for hydroxylation is 1. The van der Waals surface area contributed by atoms with E-state index >= 15 is 0 Å². The van der Waals surface area contributed by atoms with Crippen molar-refractivity contribution in [1.29, 1.82) is 0 Å². The van der Waals surface area contributed by atoms with Crippen LogP contribution in [0.4, 0.5) is 0 Å². The molecule has 0 amide bonds. The van der Waals surface area contributed by atoms with Crippen LogP contribution in [0.15, 0.2) is 45.8 Å². The van der Waals surface area contributed by atoms with Gasteiger partial charge in [0, 0.05) is 12.6 Å². The molecule has 0 unspecified atom stereocenters. The van der Waals surface area contributed by atoms with E-state index in [4.69, 9.17) is 20.9 Å². The number of hydrogen-bond donors (Lipinski definition) is 0. The summed E-state index contributed by atoms with van der Waals surface area (Å²) in [6, 6.07) is 10.5. The van der Waals surface area contributed by atoms with Crippen molar-refractivity contribution in [3.05, 3.63) is 58.4 Å². The van der Waals surface area contributed by atoms with Gasteiger partial charge in [0.1, 0.15) is 5.75 Å². The van der Waals surface area contributed by atoms with Crippen LogP contribution in [0.2, 0.25) is 5.02 Å². The van der Waals surface area contributed by atoms with Crippen molar-refractivity contribution in [2.24, 2.45) is 0 Å². The van der Waals surface area contributed by atoms with Gasteiger partial charge in [0.25, 0.3) is 0 Å². The third-order valence-corrected chi connectivity index (χ3v) is 7.05. The highest BCUT2D eigenvalue weighted by Gasteiger charge is 2.27. The van der Waals surface area contributed by atoms with E-state index in [1.165, 1.54) is 11.4 Å². The Morgan fingerprint density at radius 3 is 2.57 bits per heavy atom. The first-order valence-electron chi connectivity index (χ1n) is 9.37. The molecule has 0 atom stereocenters. The van der Waals surface area contributed by atoms with Crippen molar-refractivity contribution < 1.29 is 17.7 Å². The van der Waals surface area contributed by atoms with Crippen LogP contribution in [0.3, 0.4) is 0 Å². The highest BCUT2D eigenvalue weighted by Crippen LogP contribution is 2.33. The van der Waals surface area contributed by atoms with Gasteiger partial charge >= 0.3 is 0 Å². The summed E-state index contributed by atoms with van der Waals surface area (Å²) in [4.78, 5) is 4.52. The summed E-state index contributed by atoms with van der Waals surface area (Å²) in [5.41, 5.74) is 2.05. The van der Waals surface area contributed by atoms with Gasteiger partial charge in [0.15, 0.2) is 0 Å². The molecule has 0 aliphatic carbocycles. The summed E-state index contributed by atoms with van der Waals surface area (Å²) in [6.45, 7) is 5.65. The van der Waals surface area contributed by atoms with Gasteiger partial charge < -0.3 is 9.26 Å². The average Bonchev–Trinajstić information content (AvgIpc) is 3.15. The molecule has 0 radical (unpaired) electrons. The van der Waals surface area contributed by atoms with E-state index in [-0.39, 0.29) is 23.2 Å². The van der Waals surface area contributed by atoms with Gasteiger partial charge in [-0.1, -0.05) is 42.7 Å². The molecule has 160 valence electrons. The Kier molecular flexibility index (Phi) is 6.50. The first kappa shape index (κ1) is 22.3. The third kappa shape index (κ3) is 4.35. The van der Waals surface area contributed by atoms with Gasteiger partial charge in [-0.2, -0.15) is 9.29 Å². The van der Waals surface area contributed by atoms with E-state index in [2.05, 4.69) is 10.1 Å². The molecule has 30 heavy (non-hydrogen) atoms. The van der Waals surface area contributed by atoms with Crippen LogP contribution >= 0.6 is 11.6 Å². The van der Waals surface area contributed by atoms with Crippen molar-refractivity contribution in [2.75, 3.05) is 14.2 Å². The number of halogens is 1. The zero-order chi connectivity index (χ0) is 22.1. The molecule has 9 heteroatoms. The minimum absolute atomic E-state index is 0.0672. The molecule has 0 aliphatic rings. The maximum atomic E-state index is 13.2. The summed E-state index contributed by atoms with van der Waals surface area (Å²) < 4.78 is 38.3. The first-order valence-corrected chi connectivity index (χ1v) is 11.2. The predicted molar refractivity (Wildman–Crippen MR) is 115 cm³/mol. The van der Waals surface area contributed by atoms with E-state index in [1.54, 1.807) is 44.4 Å². The van der Waals surface area contributed by atoms with Crippen LogP contribution < -0.4 is 4.74 Å². The number of methoxy groups -OCH3 is 1. The molecular weight excluding hydrogens is 426 g/mol. The molecule has 0 spiro atoms. The molecule has 0 aliphatic heterocycles. The van der Waals surface area contributed by atoms with Crippen molar-refractivity contribution in [2.45, 2.75) is 38.1 Å². The number of sulfonamides is 1. The van der Waals surface area contributed by atoms with Crippen LogP contribution in [-0.2, 0) is 16.6 Å². The summed E-state index contributed by atoms with van der Waals surface area (Å²) in [6.07, 6.45) is 0. The van der Waals surface area contributed by atoms with Crippen molar-refractivity contribution in [3.63, 3.8) is 0 Å². The largest absolute Gasteiger partial charge is 0.496 e. The number of ether oxygens (including phenoxy) is 1. The molecule has 0 saturated heterocycles. The topological polar surface area (TPSA) is 85.5 Å². The Hall–Kier alpha value is -2.42. The predicted octanol–water partition coefficient (Wildman–Crippen LogP) is 4.65. The Morgan fingerprint density at radius 2 is 1.93 bits per heavy atom. The number of rotatable bonds is 7. The van der Waals surface area contributed by atoms with Gasteiger partial charge in [-0.15, -0.1) is 0 Å². The minimum Gasteiger partial charge on any atom is -0.496 e. The van der Waals surface area contributed by atoms with E-state index < -0.39 is 10.0 Å². The number of aromatic nitrogens is 2. The smallest absolute Gasteiger partial charge is 0.243 e. The standard InChI is InChI=1S/C21H24ClN3O4S/c1-13(2)16-11-19(14(3)10-18(16)28-5)30(26,27)25(4)12-20-23-21(24-29-20)15-8-6-7-9-17(15)22/h6-11,13H,12H2,1-5H3. The minimum atomic E-state index is -3.79. The van der Waals surface area contributed by atoms with Gasteiger partial charge in [-0.25, -0.2) is 8.42 Å². The fraction of sp³-hybridized carbons (Fsp3) is 0.333. The summed E-state index contributed by atoms with van der Waals surface area (Å²) in [5.74, 6) is 1.26. The van der Waals surface area contributed by atoms with Crippen LogP contribution in [-0.4, -0.2) is 37.0 Å². The molecule has 3 rings (SSSR count). The molecule has 1 heterocycles. The zero-order valence-corrected chi connectivity index (χ0v) is 19.1. The molecule has 7 nitrogen and oxygen atoms in total. The van der Waals surface area contributed by atoms with Gasteiger partial charge in [-0.3, -0.25) is 0 Å². The molecule has 0 N–H and O–H groups in total. The monoisotopic (exact) mass is 449 g/mol. The van der Waals surface area contributed by atoms with E-state index in [0.29, 0.717) is 27.7 Å². The second-order valence-electron chi connectivity index (χ2n) is 7.27.